The third-order valence-corrected chi connectivity index (χ3v) is 8.38. The van der Waals surface area contributed by atoms with Crippen molar-refractivity contribution in [1.82, 2.24) is 18.4 Å². The minimum absolute atomic E-state index is 0.0304. The van der Waals surface area contributed by atoms with Crippen LogP contribution in [0.4, 0.5) is 0 Å². The summed E-state index contributed by atoms with van der Waals surface area (Å²) >= 11 is 2.36. The van der Waals surface area contributed by atoms with Gasteiger partial charge in [0, 0.05) is 20.7 Å². The first-order chi connectivity index (χ1) is 18.3. The predicted molar refractivity (Wildman–Crippen MR) is 148 cm³/mol. The highest BCUT2D eigenvalue weighted by atomic mass is 32.1. The van der Waals surface area contributed by atoms with Crippen molar-refractivity contribution in [1.29, 1.82) is 0 Å². The predicted octanol–water partition coefficient (Wildman–Crippen LogP) is 2.73. The highest BCUT2D eigenvalue weighted by Gasteiger charge is 2.18. The third-order valence-electron chi connectivity index (χ3n) is 6.14. The van der Waals surface area contributed by atoms with Gasteiger partial charge >= 0.3 is 5.69 Å². The van der Waals surface area contributed by atoms with Crippen molar-refractivity contribution in [3.8, 4) is 5.75 Å². The molecule has 10 nitrogen and oxygen atoms in total. The number of rotatable bonds is 8. The van der Waals surface area contributed by atoms with Crippen LogP contribution in [0.15, 0.2) is 62.9 Å². The fourth-order valence-corrected chi connectivity index (χ4v) is 6.20. The summed E-state index contributed by atoms with van der Waals surface area (Å²) in [4.78, 5) is 52.5. The molecule has 0 aliphatic carbocycles. The van der Waals surface area contributed by atoms with Gasteiger partial charge in [-0.15, -0.1) is 11.3 Å². The summed E-state index contributed by atoms with van der Waals surface area (Å²) in [6.07, 6.45) is 0. The van der Waals surface area contributed by atoms with Crippen LogP contribution in [0.3, 0.4) is 0 Å². The molecule has 0 aliphatic heterocycles. The number of hydrogen-bond acceptors (Lipinski definition) is 8. The number of benzene rings is 2. The van der Waals surface area contributed by atoms with Gasteiger partial charge in [0.1, 0.15) is 17.3 Å². The lowest BCUT2D eigenvalue weighted by Crippen LogP contribution is -2.38. The lowest BCUT2D eigenvalue weighted by atomic mass is 10.2. The van der Waals surface area contributed by atoms with Gasteiger partial charge < -0.3 is 14.8 Å². The van der Waals surface area contributed by atoms with Crippen LogP contribution in [0.1, 0.15) is 20.8 Å². The lowest BCUT2D eigenvalue weighted by molar-refractivity contribution is 0.0955. The fourth-order valence-electron chi connectivity index (χ4n) is 4.14. The number of carbonyl (C=O) groups excluding carboxylic acids is 1. The zero-order chi connectivity index (χ0) is 27.0. The number of nitrogens with zero attached hydrogens (tertiary/aromatic N) is 3. The summed E-state index contributed by atoms with van der Waals surface area (Å²) in [6.45, 7) is 0.488. The Hall–Kier alpha value is -4.00. The van der Waals surface area contributed by atoms with Crippen LogP contribution in [0.5, 0.6) is 5.75 Å². The molecule has 1 N–H and O–H groups in total. The highest BCUT2D eigenvalue weighted by Crippen LogP contribution is 2.23. The quantitative estimate of drug-likeness (QED) is 0.317. The van der Waals surface area contributed by atoms with E-state index in [0.717, 1.165) is 31.9 Å². The van der Waals surface area contributed by atoms with Gasteiger partial charge in [0.2, 0.25) is 0 Å². The molecule has 0 radical (unpaired) electrons. The van der Waals surface area contributed by atoms with E-state index < -0.39 is 11.2 Å². The third kappa shape index (κ3) is 4.69. The van der Waals surface area contributed by atoms with Crippen molar-refractivity contribution in [2.75, 3.05) is 14.2 Å². The molecule has 0 saturated carbocycles. The van der Waals surface area contributed by atoms with Crippen LogP contribution in [0.25, 0.3) is 20.3 Å². The van der Waals surface area contributed by atoms with Crippen molar-refractivity contribution in [3.05, 3.63) is 95.7 Å². The van der Waals surface area contributed by atoms with E-state index in [1.54, 1.807) is 32.4 Å². The number of aromatic nitrogens is 3. The number of hydrogen-bond donors (Lipinski definition) is 1. The van der Waals surface area contributed by atoms with Crippen molar-refractivity contribution < 1.29 is 14.3 Å². The van der Waals surface area contributed by atoms with Crippen LogP contribution in [-0.4, -0.2) is 33.2 Å². The van der Waals surface area contributed by atoms with E-state index in [4.69, 9.17) is 9.47 Å². The molecule has 38 heavy (non-hydrogen) atoms. The van der Waals surface area contributed by atoms with E-state index in [1.807, 2.05) is 24.3 Å². The van der Waals surface area contributed by atoms with Crippen LogP contribution >= 0.6 is 22.9 Å². The van der Waals surface area contributed by atoms with Gasteiger partial charge in [-0.1, -0.05) is 29.7 Å². The van der Waals surface area contributed by atoms with Gasteiger partial charge in [-0.3, -0.25) is 23.5 Å². The standard InChI is InChI=1S/C26H24N4O6S2/c1-28-25-19(11-21(37-25)22(31)27-12-15-4-7-17(36-3)8-5-15)23(32)29(26(28)34)13-16-6-9-18-20(10-16)38-30(14-35-2)24(18)33/h4-11H,12-14H2,1-3H3,(H,27,31). The number of nitrogens with one attached hydrogen (secondary N) is 1. The number of fused-ring (bicyclic) bond motifs is 2. The minimum atomic E-state index is -0.486. The molecule has 0 spiro atoms. The van der Waals surface area contributed by atoms with Crippen molar-refractivity contribution in [3.63, 3.8) is 0 Å². The first-order valence-corrected chi connectivity index (χ1v) is 13.2. The molecule has 0 bridgehead atoms. The molecule has 0 unspecified atom stereocenters. The maximum absolute atomic E-state index is 13.3. The summed E-state index contributed by atoms with van der Waals surface area (Å²) in [5.74, 6) is 0.392. The van der Waals surface area contributed by atoms with Crippen molar-refractivity contribution in [2.24, 2.45) is 7.05 Å². The summed E-state index contributed by atoms with van der Waals surface area (Å²) in [5.41, 5.74) is 0.492. The molecular weight excluding hydrogens is 528 g/mol. The normalized spacial score (nSPS) is 11.3. The van der Waals surface area contributed by atoms with E-state index in [0.29, 0.717) is 32.6 Å². The molecular formula is C26H24N4O6S2. The molecule has 2 aromatic carbocycles. The van der Waals surface area contributed by atoms with Crippen molar-refractivity contribution in [2.45, 2.75) is 19.8 Å². The largest absolute Gasteiger partial charge is 0.497 e. The maximum atomic E-state index is 13.3. The second-order valence-corrected chi connectivity index (χ2v) is 10.7. The van der Waals surface area contributed by atoms with E-state index in [1.165, 1.54) is 33.2 Å². The van der Waals surface area contributed by atoms with Gasteiger partial charge in [-0.25, -0.2) is 8.75 Å². The number of methoxy groups -OCH3 is 2. The summed E-state index contributed by atoms with van der Waals surface area (Å²) in [6, 6.07) is 14.1. The Morgan fingerprint density at radius 1 is 0.947 bits per heavy atom. The molecule has 0 aliphatic rings. The molecule has 0 saturated heterocycles. The van der Waals surface area contributed by atoms with E-state index in [9.17, 15) is 19.2 Å². The van der Waals surface area contributed by atoms with Gasteiger partial charge in [-0.05, 0) is 41.5 Å². The second kappa shape index (κ2) is 10.4. The van der Waals surface area contributed by atoms with Gasteiger partial charge in [0.05, 0.1) is 34.0 Å². The maximum Gasteiger partial charge on any atom is 0.332 e. The highest BCUT2D eigenvalue weighted by molar-refractivity contribution is 7.20. The summed E-state index contributed by atoms with van der Waals surface area (Å²) in [7, 11) is 4.68. The van der Waals surface area contributed by atoms with Crippen molar-refractivity contribution >= 4 is 49.1 Å². The second-order valence-electron chi connectivity index (χ2n) is 8.62. The van der Waals surface area contributed by atoms with Crippen LogP contribution in [0, 0.1) is 0 Å². The Bertz CT molecular complexity index is 1840. The summed E-state index contributed by atoms with van der Waals surface area (Å²) in [5, 5.41) is 3.70. The van der Waals surface area contributed by atoms with Crippen LogP contribution < -0.4 is 26.9 Å². The average Bonchev–Trinajstić information content (AvgIpc) is 3.51. The van der Waals surface area contributed by atoms with Crippen LogP contribution in [0.2, 0.25) is 0 Å². The summed E-state index contributed by atoms with van der Waals surface area (Å²) < 4.78 is 15.0. The Labute approximate surface area is 224 Å². The zero-order valence-corrected chi connectivity index (χ0v) is 22.5. The smallest absolute Gasteiger partial charge is 0.332 e. The fraction of sp³-hybridized carbons (Fsp3) is 0.231. The lowest BCUT2D eigenvalue weighted by Gasteiger charge is -2.08. The minimum Gasteiger partial charge on any atom is -0.497 e. The van der Waals surface area contributed by atoms with E-state index in [-0.39, 0.29) is 24.7 Å². The van der Waals surface area contributed by atoms with Gasteiger partial charge in [0.15, 0.2) is 0 Å². The molecule has 0 atom stereocenters. The average molecular weight is 553 g/mol. The number of carbonyl (C=O) groups is 1. The van der Waals surface area contributed by atoms with Gasteiger partial charge in [-0.2, -0.15) is 0 Å². The van der Waals surface area contributed by atoms with E-state index >= 15 is 0 Å². The molecule has 3 aromatic heterocycles. The molecule has 12 heteroatoms. The number of thiophene rings is 1. The van der Waals surface area contributed by atoms with Gasteiger partial charge in [0.25, 0.3) is 17.0 Å². The zero-order valence-electron chi connectivity index (χ0n) is 20.8. The number of aryl methyl sites for hydroxylation is 1. The monoisotopic (exact) mass is 552 g/mol. The molecule has 5 rings (SSSR count). The number of ether oxygens (including phenoxy) is 2. The molecule has 0 fully saturated rings. The first kappa shape index (κ1) is 25.6. The molecule has 196 valence electrons. The Morgan fingerprint density at radius 3 is 2.39 bits per heavy atom. The molecule has 1 amide bonds. The topological polar surface area (TPSA) is 114 Å². The van der Waals surface area contributed by atoms with E-state index in [2.05, 4.69) is 5.32 Å². The molecule has 5 aromatic rings. The SMILES string of the molecule is COCn1sc2cc(Cn3c(=O)c4cc(C(=O)NCc5ccc(OC)cc5)sc4n(C)c3=O)ccc2c1=O. The Morgan fingerprint density at radius 2 is 1.68 bits per heavy atom. The van der Waals surface area contributed by atoms with Crippen LogP contribution in [-0.2, 0) is 31.6 Å². The Kier molecular flexibility index (Phi) is 7.02. The molecule has 3 heterocycles. The number of amides is 1. The Balaban J connectivity index is 1.43. The first-order valence-electron chi connectivity index (χ1n) is 11.6.